The Kier molecular flexibility index (Phi) is 4.02. The fourth-order valence-electron chi connectivity index (χ4n) is 2.54. The highest BCUT2D eigenvalue weighted by molar-refractivity contribution is 5.84. The van der Waals surface area contributed by atoms with Crippen LogP contribution in [0.3, 0.4) is 0 Å². The summed E-state index contributed by atoms with van der Waals surface area (Å²) >= 11 is 0. The van der Waals surface area contributed by atoms with Crippen LogP contribution in [0.1, 0.15) is 44.0 Å². The number of hydrogen-bond acceptors (Lipinski definition) is 2. The van der Waals surface area contributed by atoms with Crippen LogP contribution in [0.15, 0.2) is 24.3 Å². The van der Waals surface area contributed by atoms with Gasteiger partial charge in [0.1, 0.15) is 6.17 Å². The van der Waals surface area contributed by atoms with Crippen LogP contribution in [0.25, 0.3) is 0 Å². The van der Waals surface area contributed by atoms with Gasteiger partial charge in [-0.05, 0) is 25.8 Å². The minimum atomic E-state index is -0.0127. The van der Waals surface area contributed by atoms with Gasteiger partial charge in [0.05, 0.1) is 6.04 Å². The molecule has 98 valence electrons. The first-order valence-corrected chi connectivity index (χ1v) is 6.80. The van der Waals surface area contributed by atoms with Gasteiger partial charge < -0.3 is 4.90 Å². The van der Waals surface area contributed by atoms with E-state index in [0.717, 1.165) is 19.4 Å². The number of likely N-dealkylation sites (N-methyl/N-ethyl adjacent to an activating group) is 1. The van der Waals surface area contributed by atoms with Crippen molar-refractivity contribution in [1.82, 2.24) is 10.2 Å². The normalized spacial score (nSPS) is 23.7. The summed E-state index contributed by atoms with van der Waals surface area (Å²) in [6.07, 6.45) is 1.99. The zero-order chi connectivity index (χ0) is 13.1. The smallest absolute Gasteiger partial charge is 0.241 e. The third-order valence-corrected chi connectivity index (χ3v) is 3.56. The Morgan fingerprint density at radius 3 is 2.44 bits per heavy atom. The van der Waals surface area contributed by atoms with E-state index < -0.39 is 0 Å². The van der Waals surface area contributed by atoms with E-state index in [-0.39, 0.29) is 18.1 Å². The first-order valence-electron chi connectivity index (χ1n) is 6.80. The summed E-state index contributed by atoms with van der Waals surface area (Å²) in [5.74, 6) is 0.241. The molecule has 0 bridgehead atoms. The Balaban J connectivity index is 2.21. The van der Waals surface area contributed by atoms with Crippen LogP contribution < -0.4 is 5.32 Å². The molecule has 2 rings (SSSR count). The number of hydrogen-bond donors (Lipinski definition) is 1. The van der Waals surface area contributed by atoms with Crippen LogP contribution in [0.5, 0.6) is 0 Å². The van der Waals surface area contributed by atoms with Crippen LogP contribution >= 0.6 is 0 Å². The third kappa shape index (κ3) is 2.41. The summed E-state index contributed by atoms with van der Waals surface area (Å²) in [6.45, 7) is 6.98. The monoisotopic (exact) mass is 246 g/mol. The van der Waals surface area contributed by atoms with Crippen molar-refractivity contribution in [3.05, 3.63) is 35.4 Å². The van der Waals surface area contributed by atoms with Crippen LogP contribution in [0.4, 0.5) is 0 Å². The maximum atomic E-state index is 12.2. The zero-order valence-corrected chi connectivity index (χ0v) is 11.4. The number of benzene rings is 1. The molecular weight excluding hydrogens is 224 g/mol. The number of carbonyl (C=O) groups is 1. The largest absolute Gasteiger partial charge is 0.322 e. The Bertz CT molecular complexity index is 413. The fourth-order valence-corrected chi connectivity index (χ4v) is 2.54. The predicted molar refractivity (Wildman–Crippen MR) is 73.1 cm³/mol. The van der Waals surface area contributed by atoms with Crippen LogP contribution in [-0.4, -0.2) is 23.4 Å². The van der Waals surface area contributed by atoms with Crippen LogP contribution in [0.2, 0.25) is 0 Å². The molecule has 1 saturated heterocycles. The first kappa shape index (κ1) is 13.1. The lowest BCUT2D eigenvalue weighted by molar-refractivity contribution is -0.130. The van der Waals surface area contributed by atoms with E-state index in [9.17, 15) is 4.79 Å². The molecule has 1 fully saturated rings. The van der Waals surface area contributed by atoms with E-state index in [0.29, 0.717) is 0 Å². The minimum Gasteiger partial charge on any atom is -0.322 e. The van der Waals surface area contributed by atoms with Crippen molar-refractivity contribution in [2.75, 3.05) is 6.54 Å². The van der Waals surface area contributed by atoms with Gasteiger partial charge in [0.2, 0.25) is 5.91 Å². The van der Waals surface area contributed by atoms with Gasteiger partial charge in [-0.1, -0.05) is 43.2 Å². The van der Waals surface area contributed by atoms with Crippen LogP contribution in [-0.2, 0) is 4.79 Å². The average Bonchev–Trinajstić information content (AvgIpc) is 2.68. The summed E-state index contributed by atoms with van der Waals surface area (Å²) in [4.78, 5) is 14.2. The highest BCUT2D eigenvalue weighted by atomic mass is 16.2. The van der Waals surface area contributed by atoms with Gasteiger partial charge >= 0.3 is 0 Å². The second-order valence-electron chi connectivity index (χ2n) is 4.95. The molecule has 0 aliphatic carbocycles. The Morgan fingerprint density at radius 2 is 1.89 bits per heavy atom. The van der Waals surface area contributed by atoms with Crippen molar-refractivity contribution < 1.29 is 4.79 Å². The molecule has 1 aromatic carbocycles. The first-order chi connectivity index (χ1) is 8.67. The Morgan fingerprint density at radius 1 is 1.22 bits per heavy atom. The van der Waals surface area contributed by atoms with E-state index >= 15 is 0 Å². The van der Waals surface area contributed by atoms with Gasteiger partial charge in [-0.15, -0.1) is 0 Å². The molecule has 18 heavy (non-hydrogen) atoms. The van der Waals surface area contributed by atoms with E-state index in [1.54, 1.807) is 0 Å². The summed E-state index contributed by atoms with van der Waals surface area (Å²) < 4.78 is 0. The highest BCUT2D eigenvalue weighted by Crippen LogP contribution is 2.26. The molecule has 2 unspecified atom stereocenters. The predicted octanol–water partition coefficient (Wildman–Crippen LogP) is 2.61. The average molecular weight is 246 g/mol. The molecule has 0 aromatic heterocycles. The van der Waals surface area contributed by atoms with Gasteiger partial charge in [-0.25, -0.2) is 0 Å². The molecular formula is C15H22N2O. The summed E-state index contributed by atoms with van der Waals surface area (Å²) in [7, 11) is 0. The third-order valence-electron chi connectivity index (χ3n) is 3.56. The minimum absolute atomic E-state index is 0.0127. The van der Waals surface area contributed by atoms with Crippen LogP contribution in [0, 0.1) is 6.92 Å². The lowest BCUT2D eigenvalue weighted by Gasteiger charge is -2.23. The summed E-state index contributed by atoms with van der Waals surface area (Å²) in [5.41, 5.74) is 2.42. The lowest BCUT2D eigenvalue weighted by Crippen LogP contribution is -2.30. The maximum Gasteiger partial charge on any atom is 0.241 e. The second kappa shape index (κ2) is 5.53. The van der Waals surface area contributed by atoms with Gasteiger partial charge in [0.15, 0.2) is 0 Å². The lowest BCUT2D eigenvalue weighted by atomic mass is 10.1. The molecule has 3 heteroatoms. The molecule has 3 nitrogen and oxygen atoms in total. The van der Waals surface area contributed by atoms with Crippen molar-refractivity contribution in [3.8, 4) is 0 Å². The molecule has 1 amide bonds. The molecule has 0 saturated carbocycles. The molecule has 1 aliphatic rings. The van der Waals surface area contributed by atoms with E-state index in [2.05, 4.69) is 43.4 Å². The fraction of sp³-hybridized carbons (Fsp3) is 0.533. The van der Waals surface area contributed by atoms with E-state index in [4.69, 9.17) is 0 Å². The molecule has 1 N–H and O–H groups in total. The van der Waals surface area contributed by atoms with Crippen molar-refractivity contribution >= 4 is 5.91 Å². The zero-order valence-electron chi connectivity index (χ0n) is 11.4. The maximum absolute atomic E-state index is 12.2. The standard InChI is InChI=1S/C15H22N2O/c1-4-6-13-15(18)17(5-2)14(16-13)12-9-7-11(3)8-10-12/h7-10,13-14,16H,4-6H2,1-3H3. The van der Waals surface area contributed by atoms with Gasteiger partial charge in [-0.3, -0.25) is 10.1 Å². The number of nitrogens with one attached hydrogen (secondary N) is 1. The van der Waals surface area contributed by atoms with Crippen molar-refractivity contribution in [1.29, 1.82) is 0 Å². The number of rotatable bonds is 4. The van der Waals surface area contributed by atoms with E-state index in [1.165, 1.54) is 11.1 Å². The highest BCUT2D eigenvalue weighted by Gasteiger charge is 2.37. The number of aryl methyl sites for hydroxylation is 1. The van der Waals surface area contributed by atoms with Crippen molar-refractivity contribution in [2.24, 2.45) is 0 Å². The number of carbonyl (C=O) groups excluding carboxylic acids is 1. The van der Waals surface area contributed by atoms with Gasteiger partial charge in [-0.2, -0.15) is 0 Å². The summed E-state index contributed by atoms with van der Waals surface area (Å²) in [6, 6.07) is 8.40. The molecule has 0 spiro atoms. The Hall–Kier alpha value is -1.35. The van der Waals surface area contributed by atoms with E-state index in [1.807, 2.05) is 11.8 Å². The molecule has 1 heterocycles. The van der Waals surface area contributed by atoms with Crippen molar-refractivity contribution in [2.45, 2.75) is 45.8 Å². The SMILES string of the molecule is CCCC1NC(c2ccc(C)cc2)N(CC)C1=O. The van der Waals surface area contributed by atoms with Gasteiger partial charge in [0.25, 0.3) is 0 Å². The quantitative estimate of drug-likeness (QED) is 0.885. The van der Waals surface area contributed by atoms with Gasteiger partial charge in [0, 0.05) is 6.54 Å². The number of nitrogens with zero attached hydrogens (tertiary/aromatic N) is 1. The van der Waals surface area contributed by atoms with Crippen molar-refractivity contribution in [3.63, 3.8) is 0 Å². The summed E-state index contributed by atoms with van der Waals surface area (Å²) in [5, 5.41) is 3.45. The topological polar surface area (TPSA) is 32.3 Å². The molecule has 2 atom stereocenters. The molecule has 1 aromatic rings. The Labute approximate surface area is 109 Å². The molecule has 0 radical (unpaired) electrons. The second-order valence-corrected chi connectivity index (χ2v) is 4.95. The molecule has 1 aliphatic heterocycles. The number of amides is 1.